The molecule has 0 atom stereocenters. The molecule has 0 aliphatic carbocycles. The van der Waals surface area contributed by atoms with Gasteiger partial charge in [0.25, 0.3) is 0 Å². The molecule has 0 fully saturated rings. The topological polar surface area (TPSA) is 79.1 Å². The van der Waals surface area contributed by atoms with E-state index in [-0.39, 0.29) is 33.4 Å². The smallest absolute Gasteiger partial charge is 0.463 e. The summed E-state index contributed by atoms with van der Waals surface area (Å²) in [4.78, 5) is 4.16. The summed E-state index contributed by atoms with van der Waals surface area (Å²) in [5.74, 6) is 0.0182. The number of nitrogens with zero attached hydrogens (tertiary/aromatic N) is 3. The van der Waals surface area contributed by atoms with Crippen molar-refractivity contribution in [1.82, 2.24) is 4.98 Å². The number of rotatable bonds is 4. The molecule has 0 saturated carbocycles. The summed E-state index contributed by atoms with van der Waals surface area (Å²) in [6, 6.07) is 14.0. The van der Waals surface area contributed by atoms with Crippen LogP contribution < -0.4 is 10.6 Å². The average molecular weight is 358 g/mol. The van der Waals surface area contributed by atoms with E-state index in [4.69, 9.17) is 10.2 Å². The lowest BCUT2D eigenvalue weighted by atomic mass is 10.1. The standard InChI is InChI=1S/C18H13F3N4O/c19-18(20,21)25(11-12-5-2-1-3-6-12)14-9-16(23)24-17(13(14)10-22)15-7-4-8-26-15/h1-9H,11H2,(H2,23,24). The van der Waals surface area contributed by atoms with E-state index in [9.17, 15) is 18.4 Å². The van der Waals surface area contributed by atoms with Gasteiger partial charge in [-0.15, -0.1) is 0 Å². The fourth-order valence-corrected chi connectivity index (χ4v) is 2.54. The molecule has 0 aliphatic heterocycles. The molecule has 5 nitrogen and oxygen atoms in total. The van der Waals surface area contributed by atoms with Gasteiger partial charge in [-0.1, -0.05) is 30.3 Å². The maximum atomic E-state index is 13.7. The van der Waals surface area contributed by atoms with Crippen LogP contribution in [0, 0.1) is 11.3 Å². The number of pyridine rings is 1. The quantitative estimate of drug-likeness (QED) is 0.703. The molecule has 0 unspecified atom stereocenters. The van der Waals surface area contributed by atoms with Gasteiger partial charge in [-0.3, -0.25) is 4.90 Å². The van der Waals surface area contributed by atoms with Crippen LogP contribution in [0.3, 0.4) is 0 Å². The van der Waals surface area contributed by atoms with E-state index in [0.29, 0.717) is 5.56 Å². The molecule has 1 aromatic carbocycles. The first-order chi connectivity index (χ1) is 12.4. The summed E-state index contributed by atoms with van der Waals surface area (Å²) >= 11 is 0. The normalized spacial score (nSPS) is 11.2. The molecule has 0 amide bonds. The van der Waals surface area contributed by atoms with E-state index in [2.05, 4.69) is 4.98 Å². The molecule has 3 rings (SSSR count). The van der Waals surface area contributed by atoms with Crippen molar-refractivity contribution in [3.63, 3.8) is 0 Å². The van der Waals surface area contributed by atoms with Crippen molar-refractivity contribution in [2.75, 3.05) is 10.6 Å². The Morgan fingerprint density at radius 3 is 2.46 bits per heavy atom. The monoisotopic (exact) mass is 358 g/mol. The minimum atomic E-state index is -4.73. The van der Waals surface area contributed by atoms with Crippen LogP contribution in [0.15, 0.2) is 59.2 Å². The number of nitrogens with two attached hydrogens (primary N) is 1. The third kappa shape index (κ3) is 3.47. The van der Waals surface area contributed by atoms with Crippen molar-refractivity contribution in [3.8, 4) is 17.5 Å². The van der Waals surface area contributed by atoms with Crippen LogP contribution in [0.1, 0.15) is 11.1 Å². The van der Waals surface area contributed by atoms with Gasteiger partial charge < -0.3 is 10.2 Å². The third-order valence-electron chi connectivity index (χ3n) is 3.67. The van der Waals surface area contributed by atoms with Gasteiger partial charge in [0.05, 0.1) is 18.5 Å². The van der Waals surface area contributed by atoms with E-state index in [0.717, 1.165) is 6.07 Å². The molecule has 132 valence electrons. The van der Waals surface area contributed by atoms with Crippen molar-refractivity contribution < 1.29 is 17.6 Å². The minimum absolute atomic E-state index is 0.0326. The molecular formula is C18H13F3N4O. The predicted molar refractivity (Wildman–Crippen MR) is 89.7 cm³/mol. The maximum Gasteiger partial charge on any atom is 0.485 e. The Morgan fingerprint density at radius 2 is 1.88 bits per heavy atom. The number of nitrogen functional groups attached to an aromatic ring is 1. The summed E-state index contributed by atoms with van der Waals surface area (Å²) in [5.41, 5.74) is 5.47. The molecule has 0 spiro atoms. The van der Waals surface area contributed by atoms with Gasteiger partial charge in [0, 0.05) is 6.07 Å². The number of halogens is 3. The second-order valence-corrected chi connectivity index (χ2v) is 5.42. The molecular weight excluding hydrogens is 345 g/mol. The molecule has 0 radical (unpaired) electrons. The van der Waals surface area contributed by atoms with Crippen molar-refractivity contribution in [1.29, 1.82) is 5.26 Å². The molecule has 3 aromatic rings. The Kier molecular flexibility index (Phi) is 4.54. The SMILES string of the molecule is N#Cc1c(N(Cc2ccccc2)C(F)(F)F)cc(N)nc1-c1ccco1. The van der Waals surface area contributed by atoms with Crippen LogP contribution in [-0.2, 0) is 6.54 Å². The van der Waals surface area contributed by atoms with Crippen molar-refractivity contribution in [3.05, 3.63) is 65.9 Å². The van der Waals surface area contributed by atoms with E-state index in [1.165, 1.54) is 12.3 Å². The maximum absolute atomic E-state index is 13.7. The van der Waals surface area contributed by atoms with Gasteiger partial charge in [-0.2, -0.15) is 18.4 Å². The number of alkyl halides is 3. The molecule has 0 bridgehead atoms. The van der Waals surface area contributed by atoms with Crippen LogP contribution in [0.4, 0.5) is 24.7 Å². The van der Waals surface area contributed by atoms with Crippen LogP contribution >= 0.6 is 0 Å². The zero-order chi connectivity index (χ0) is 18.7. The van der Waals surface area contributed by atoms with Gasteiger partial charge in [-0.25, -0.2) is 4.98 Å². The Hall–Kier alpha value is -3.47. The lowest BCUT2D eigenvalue weighted by Gasteiger charge is -2.28. The molecule has 26 heavy (non-hydrogen) atoms. The van der Waals surface area contributed by atoms with E-state index >= 15 is 0 Å². The Morgan fingerprint density at radius 1 is 1.15 bits per heavy atom. The first kappa shape index (κ1) is 17.4. The lowest BCUT2D eigenvalue weighted by molar-refractivity contribution is -0.130. The summed E-state index contributed by atoms with van der Waals surface area (Å²) in [5, 5.41) is 9.50. The number of furan rings is 1. The number of hydrogen-bond acceptors (Lipinski definition) is 5. The highest BCUT2D eigenvalue weighted by molar-refractivity contribution is 5.76. The molecule has 0 saturated heterocycles. The highest BCUT2D eigenvalue weighted by Gasteiger charge is 2.39. The van der Waals surface area contributed by atoms with Gasteiger partial charge in [0.2, 0.25) is 0 Å². The summed E-state index contributed by atoms with van der Waals surface area (Å²) in [7, 11) is 0. The minimum Gasteiger partial charge on any atom is -0.463 e. The summed E-state index contributed by atoms with van der Waals surface area (Å²) in [6.07, 6.45) is -3.39. The number of nitriles is 1. The predicted octanol–water partition coefficient (Wildman–Crippen LogP) is 4.32. The molecule has 2 heterocycles. The van der Waals surface area contributed by atoms with Crippen LogP contribution in [0.5, 0.6) is 0 Å². The first-order valence-corrected chi connectivity index (χ1v) is 7.53. The Bertz CT molecular complexity index is 932. The summed E-state index contributed by atoms with van der Waals surface area (Å²) < 4.78 is 46.4. The zero-order valence-electron chi connectivity index (χ0n) is 13.4. The fraction of sp³-hybridized carbons (Fsp3) is 0.111. The van der Waals surface area contributed by atoms with Crippen molar-refractivity contribution in [2.24, 2.45) is 0 Å². The second kappa shape index (κ2) is 6.80. The van der Waals surface area contributed by atoms with Crippen molar-refractivity contribution in [2.45, 2.75) is 12.8 Å². The fourth-order valence-electron chi connectivity index (χ4n) is 2.54. The molecule has 2 N–H and O–H groups in total. The number of aromatic nitrogens is 1. The zero-order valence-corrected chi connectivity index (χ0v) is 13.4. The lowest BCUT2D eigenvalue weighted by Crippen LogP contribution is -2.38. The molecule has 8 heteroatoms. The van der Waals surface area contributed by atoms with E-state index in [1.54, 1.807) is 42.5 Å². The number of anilines is 2. The van der Waals surface area contributed by atoms with Gasteiger partial charge in [-0.05, 0) is 17.7 Å². The van der Waals surface area contributed by atoms with Crippen LogP contribution in [0.2, 0.25) is 0 Å². The van der Waals surface area contributed by atoms with Crippen molar-refractivity contribution >= 4 is 11.5 Å². The first-order valence-electron chi connectivity index (χ1n) is 7.53. The van der Waals surface area contributed by atoms with Gasteiger partial charge in [0.1, 0.15) is 23.1 Å². The third-order valence-corrected chi connectivity index (χ3v) is 3.67. The number of benzene rings is 1. The largest absolute Gasteiger partial charge is 0.485 e. The van der Waals surface area contributed by atoms with E-state index in [1.807, 2.05) is 0 Å². The molecule has 2 aromatic heterocycles. The van der Waals surface area contributed by atoms with Gasteiger partial charge >= 0.3 is 6.30 Å². The molecule has 0 aliphatic rings. The highest BCUT2D eigenvalue weighted by Crippen LogP contribution is 2.37. The van der Waals surface area contributed by atoms with E-state index < -0.39 is 12.8 Å². The average Bonchev–Trinajstić information content (AvgIpc) is 3.13. The number of hydrogen-bond donors (Lipinski definition) is 1. The second-order valence-electron chi connectivity index (χ2n) is 5.42. The Balaban J connectivity index is 2.17. The van der Waals surface area contributed by atoms with Crippen LogP contribution in [0.25, 0.3) is 11.5 Å². The van der Waals surface area contributed by atoms with Gasteiger partial charge in [0.15, 0.2) is 5.76 Å². The highest BCUT2D eigenvalue weighted by atomic mass is 19.4. The summed E-state index contributed by atoms with van der Waals surface area (Å²) in [6.45, 7) is -0.472. The Labute approximate surface area is 147 Å². The van der Waals surface area contributed by atoms with Crippen LogP contribution in [-0.4, -0.2) is 11.3 Å².